The Morgan fingerprint density at radius 3 is 2.33 bits per heavy atom. The number of carbonyl (C=O) groups excluding carboxylic acids is 2. The highest BCUT2D eigenvalue weighted by Crippen LogP contribution is 2.40. The zero-order valence-electron chi connectivity index (χ0n) is 16.6. The van der Waals surface area contributed by atoms with Gasteiger partial charge >= 0.3 is 0 Å². The molecular formula is C20H32ClN3O2S. The molecule has 3 rings (SSSR count). The number of hydrogen-bond acceptors (Lipinski definition) is 4. The zero-order chi connectivity index (χ0) is 19.1. The second kappa shape index (κ2) is 8.50. The van der Waals surface area contributed by atoms with Crippen LogP contribution in [0.5, 0.6) is 0 Å². The normalized spacial score (nSPS) is 27.4. The highest BCUT2D eigenvalue weighted by molar-refractivity contribution is 7.18. The monoisotopic (exact) mass is 413 g/mol. The van der Waals surface area contributed by atoms with Gasteiger partial charge in [0.25, 0.3) is 5.91 Å². The molecule has 5 nitrogen and oxygen atoms in total. The van der Waals surface area contributed by atoms with Gasteiger partial charge in [0.1, 0.15) is 0 Å². The second-order valence-electron chi connectivity index (χ2n) is 9.01. The molecule has 2 saturated carbocycles. The van der Waals surface area contributed by atoms with Gasteiger partial charge in [0.15, 0.2) is 0 Å². The Morgan fingerprint density at radius 1 is 1.19 bits per heavy atom. The lowest BCUT2D eigenvalue weighted by Crippen LogP contribution is -2.53. The minimum atomic E-state index is -0.460. The molecule has 27 heavy (non-hydrogen) atoms. The van der Waals surface area contributed by atoms with E-state index in [9.17, 15) is 9.59 Å². The van der Waals surface area contributed by atoms with Gasteiger partial charge in [-0.3, -0.25) is 9.59 Å². The third-order valence-corrected chi connectivity index (χ3v) is 6.87. The molecule has 2 amide bonds. The van der Waals surface area contributed by atoms with Gasteiger partial charge < -0.3 is 16.4 Å². The van der Waals surface area contributed by atoms with Crippen molar-refractivity contribution < 1.29 is 9.59 Å². The predicted molar refractivity (Wildman–Crippen MR) is 114 cm³/mol. The summed E-state index contributed by atoms with van der Waals surface area (Å²) >= 11 is 1.36. The van der Waals surface area contributed by atoms with Crippen molar-refractivity contribution in [2.75, 3.05) is 5.32 Å². The summed E-state index contributed by atoms with van der Waals surface area (Å²) in [5.74, 6) is 0.950. The maximum absolute atomic E-state index is 12.9. The second-order valence-corrected chi connectivity index (χ2v) is 10.1. The van der Waals surface area contributed by atoms with Crippen LogP contribution in [0, 0.1) is 24.2 Å². The Kier molecular flexibility index (Phi) is 6.98. The number of nitrogens with one attached hydrogen (secondary N) is 2. The Hall–Kier alpha value is -1.11. The summed E-state index contributed by atoms with van der Waals surface area (Å²) in [6.07, 6.45) is 5.59. The quantitative estimate of drug-likeness (QED) is 0.697. The minimum absolute atomic E-state index is 0. The number of halogens is 1. The number of aryl methyl sites for hydroxylation is 1. The summed E-state index contributed by atoms with van der Waals surface area (Å²) in [6.45, 7) is 7.56. The van der Waals surface area contributed by atoms with Crippen LogP contribution in [0.3, 0.4) is 0 Å². The molecule has 2 unspecified atom stereocenters. The van der Waals surface area contributed by atoms with Gasteiger partial charge in [-0.1, -0.05) is 27.2 Å². The molecule has 4 N–H and O–H groups in total. The maximum atomic E-state index is 12.9. The highest BCUT2D eigenvalue weighted by atomic mass is 35.5. The van der Waals surface area contributed by atoms with E-state index >= 15 is 0 Å². The fourth-order valence-corrected chi connectivity index (χ4v) is 5.28. The van der Waals surface area contributed by atoms with Crippen molar-refractivity contribution in [2.24, 2.45) is 23.0 Å². The van der Waals surface area contributed by atoms with E-state index in [4.69, 9.17) is 5.73 Å². The topological polar surface area (TPSA) is 84.2 Å². The molecule has 0 radical (unpaired) electrons. The molecule has 0 aromatic carbocycles. The van der Waals surface area contributed by atoms with E-state index in [1.54, 1.807) is 0 Å². The molecule has 1 aromatic rings. The number of hydrogen-bond donors (Lipinski definition) is 3. The van der Waals surface area contributed by atoms with Crippen molar-refractivity contribution in [3.63, 3.8) is 0 Å². The molecule has 0 saturated heterocycles. The van der Waals surface area contributed by atoms with Gasteiger partial charge in [-0.2, -0.15) is 0 Å². The molecule has 1 aromatic heterocycles. The minimum Gasteiger partial charge on any atom is -0.348 e. The molecule has 7 heteroatoms. The Balaban J connectivity index is 0.00000261. The van der Waals surface area contributed by atoms with Crippen LogP contribution in [-0.2, 0) is 4.79 Å². The first-order chi connectivity index (χ1) is 12.1. The maximum Gasteiger partial charge on any atom is 0.261 e. The lowest BCUT2D eigenvalue weighted by molar-refractivity contribution is -0.123. The average Bonchev–Trinajstić information content (AvgIpc) is 2.88. The number of carbonyl (C=O) groups is 2. The molecule has 0 spiro atoms. The summed E-state index contributed by atoms with van der Waals surface area (Å²) in [7, 11) is 0. The highest BCUT2D eigenvalue weighted by Gasteiger charge is 2.40. The molecule has 2 bridgehead atoms. The Labute approximate surface area is 172 Å². The van der Waals surface area contributed by atoms with Gasteiger partial charge in [-0.15, -0.1) is 23.7 Å². The van der Waals surface area contributed by atoms with Crippen LogP contribution in [0.25, 0.3) is 0 Å². The summed E-state index contributed by atoms with van der Waals surface area (Å²) in [5, 5.41) is 6.96. The molecule has 152 valence electrons. The predicted octanol–water partition coefficient (Wildman–Crippen LogP) is 4.10. The van der Waals surface area contributed by atoms with E-state index in [2.05, 4.69) is 10.6 Å². The van der Waals surface area contributed by atoms with E-state index in [1.165, 1.54) is 17.8 Å². The van der Waals surface area contributed by atoms with Crippen LogP contribution < -0.4 is 16.4 Å². The van der Waals surface area contributed by atoms with Crippen LogP contribution in [-0.4, -0.2) is 23.9 Å². The van der Waals surface area contributed by atoms with Gasteiger partial charge in [0, 0.05) is 17.5 Å². The van der Waals surface area contributed by atoms with Crippen molar-refractivity contribution in [2.45, 2.75) is 71.9 Å². The van der Waals surface area contributed by atoms with Crippen molar-refractivity contribution in [1.29, 1.82) is 0 Å². The number of thiophene rings is 1. The third kappa shape index (κ3) is 5.04. The summed E-state index contributed by atoms with van der Waals surface area (Å²) in [5.41, 5.74) is 6.64. The van der Waals surface area contributed by atoms with Crippen molar-refractivity contribution in [3.8, 4) is 0 Å². The first-order valence-electron chi connectivity index (χ1n) is 9.63. The molecule has 0 aliphatic heterocycles. The number of amides is 2. The number of anilines is 1. The first kappa shape index (κ1) is 22.2. The van der Waals surface area contributed by atoms with Crippen molar-refractivity contribution in [1.82, 2.24) is 5.32 Å². The molecule has 2 aliphatic carbocycles. The lowest BCUT2D eigenvalue weighted by atomic mass is 9.67. The van der Waals surface area contributed by atoms with Crippen LogP contribution in [0.2, 0.25) is 0 Å². The molecule has 2 atom stereocenters. The number of nitrogens with two attached hydrogens (primary N) is 1. The van der Waals surface area contributed by atoms with Crippen molar-refractivity contribution in [3.05, 3.63) is 16.5 Å². The van der Waals surface area contributed by atoms with Gasteiger partial charge in [0.05, 0.1) is 9.88 Å². The SMILES string of the molecule is Cc1cc(NC(=O)C(C)(C)C)sc1C(=O)NC1C2CCCC1CC(N)C2.Cl. The fourth-order valence-electron chi connectivity index (χ4n) is 4.31. The van der Waals surface area contributed by atoms with E-state index in [-0.39, 0.29) is 36.3 Å². The third-order valence-electron chi connectivity index (χ3n) is 5.72. The molecular weight excluding hydrogens is 382 g/mol. The molecule has 1 heterocycles. The summed E-state index contributed by atoms with van der Waals surface area (Å²) < 4.78 is 0. The van der Waals surface area contributed by atoms with E-state index < -0.39 is 5.41 Å². The van der Waals surface area contributed by atoms with Crippen molar-refractivity contribution >= 4 is 40.6 Å². The van der Waals surface area contributed by atoms with Crippen LogP contribution >= 0.6 is 23.7 Å². The standard InChI is InChI=1S/C20H31N3O2S.ClH/c1-11-8-15(22-19(25)20(2,3)4)26-17(11)18(24)23-16-12-6-5-7-13(16)10-14(21)9-12;/h8,12-14,16H,5-7,9-10,21H2,1-4H3,(H,22,25)(H,23,24);1H. The van der Waals surface area contributed by atoms with Crippen LogP contribution in [0.1, 0.15) is 68.1 Å². The zero-order valence-corrected chi connectivity index (χ0v) is 18.3. The Morgan fingerprint density at radius 2 is 1.78 bits per heavy atom. The number of fused-ring (bicyclic) bond motifs is 2. The lowest BCUT2D eigenvalue weighted by Gasteiger charge is -2.45. The average molecular weight is 414 g/mol. The summed E-state index contributed by atoms with van der Waals surface area (Å²) in [4.78, 5) is 25.8. The van der Waals surface area contributed by atoms with Crippen LogP contribution in [0.4, 0.5) is 5.00 Å². The molecule has 2 aliphatic rings. The largest absolute Gasteiger partial charge is 0.348 e. The van der Waals surface area contributed by atoms with E-state index in [0.717, 1.165) is 36.2 Å². The van der Waals surface area contributed by atoms with Gasteiger partial charge in [-0.05, 0) is 56.1 Å². The Bertz CT molecular complexity index is 684. The summed E-state index contributed by atoms with van der Waals surface area (Å²) in [6, 6.07) is 2.41. The first-order valence-corrected chi connectivity index (χ1v) is 10.4. The number of rotatable bonds is 3. The van der Waals surface area contributed by atoms with E-state index in [1.807, 2.05) is 33.8 Å². The van der Waals surface area contributed by atoms with E-state index in [0.29, 0.717) is 16.7 Å². The smallest absolute Gasteiger partial charge is 0.261 e. The van der Waals surface area contributed by atoms with Gasteiger partial charge in [-0.25, -0.2) is 0 Å². The fraction of sp³-hybridized carbons (Fsp3) is 0.700. The van der Waals surface area contributed by atoms with Gasteiger partial charge in [0.2, 0.25) is 5.91 Å². The van der Waals surface area contributed by atoms with Crippen LogP contribution in [0.15, 0.2) is 6.07 Å². The molecule has 2 fully saturated rings.